The SMILES string of the molecule is COc1ccc(Cn2nnnc2-c2ccccc2C2CCC(N)CC2)cc1. The van der Waals surface area contributed by atoms with Gasteiger partial charge in [-0.05, 0) is 65.3 Å². The number of hydrogen-bond donors (Lipinski definition) is 1. The van der Waals surface area contributed by atoms with E-state index in [1.54, 1.807) is 7.11 Å². The Bertz CT molecular complexity index is 882. The second-order valence-corrected chi connectivity index (χ2v) is 7.21. The molecule has 27 heavy (non-hydrogen) atoms. The molecule has 0 atom stereocenters. The van der Waals surface area contributed by atoms with Gasteiger partial charge in [-0.3, -0.25) is 0 Å². The predicted molar refractivity (Wildman–Crippen MR) is 105 cm³/mol. The summed E-state index contributed by atoms with van der Waals surface area (Å²) in [5.74, 6) is 2.18. The molecular formula is C21H25N5O. The number of aromatic nitrogens is 4. The van der Waals surface area contributed by atoms with E-state index in [1.165, 1.54) is 5.56 Å². The maximum atomic E-state index is 6.09. The highest BCUT2D eigenvalue weighted by Crippen LogP contribution is 2.37. The van der Waals surface area contributed by atoms with Gasteiger partial charge < -0.3 is 10.5 Å². The lowest BCUT2D eigenvalue weighted by Gasteiger charge is -2.27. The van der Waals surface area contributed by atoms with Crippen molar-refractivity contribution in [2.75, 3.05) is 7.11 Å². The van der Waals surface area contributed by atoms with Crippen LogP contribution in [0, 0.1) is 0 Å². The summed E-state index contributed by atoms with van der Waals surface area (Å²) in [6, 6.07) is 16.8. The molecule has 140 valence electrons. The van der Waals surface area contributed by atoms with Crippen LogP contribution in [0.15, 0.2) is 48.5 Å². The monoisotopic (exact) mass is 363 g/mol. The number of benzene rings is 2. The summed E-state index contributed by atoms with van der Waals surface area (Å²) < 4.78 is 7.10. The summed E-state index contributed by atoms with van der Waals surface area (Å²) in [7, 11) is 1.67. The van der Waals surface area contributed by atoms with Gasteiger partial charge in [0.2, 0.25) is 0 Å². The number of ether oxygens (including phenoxy) is 1. The molecule has 1 fully saturated rings. The van der Waals surface area contributed by atoms with Crippen molar-refractivity contribution in [3.05, 3.63) is 59.7 Å². The maximum absolute atomic E-state index is 6.09. The normalized spacial score (nSPS) is 19.8. The Labute approximate surface area is 159 Å². The van der Waals surface area contributed by atoms with Crippen molar-refractivity contribution in [3.63, 3.8) is 0 Å². The van der Waals surface area contributed by atoms with Crippen LogP contribution < -0.4 is 10.5 Å². The molecule has 0 amide bonds. The van der Waals surface area contributed by atoms with E-state index in [4.69, 9.17) is 10.5 Å². The molecule has 0 saturated heterocycles. The van der Waals surface area contributed by atoms with E-state index in [0.29, 0.717) is 18.5 Å². The molecule has 1 aliphatic rings. The lowest BCUT2D eigenvalue weighted by molar-refractivity contribution is 0.396. The van der Waals surface area contributed by atoms with E-state index in [2.05, 4.69) is 39.8 Å². The summed E-state index contributed by atoms with van der Waals surface area (Å²) in [6.45, 7) is 0.621. The summed E-state index contributed by atoms with van der Waals surface area (Å²) in [5, 5.41) is 12.5. The van der Waals surface area contributed by atoms with Crippen LogP contribution in [0.3, 0.4) is 0 Å². The Morgan fingerprint density at radius 3 is 2.52 bits per heavy atom. The number of nitrogens with two attached hydrogens (primary N) is 1. The fourth-order valence-corrected chi connectivity index (χ4v) is 3.89. The van der Waals surface area contributed by atoms with E-state index < -0.39 is 0 Å². The van der Waals surface area contributed by atoms with Gasteiger partial charge in [-0.2, -0.15) is 0 Å². The zero-order valence-electron chi connectivity index (χ0n) is 15.6. The topological polar surface area (TPSA) is 78.8 Å². The lowest BCUT2D eigenvalue weighted by atomic mass is 9.80. The van der Waals surface area contributed by atoms with Gasteiger partial charge in [-0.1, -0.05) is 36.4 Å². The first kappa shape index (κ1) is 17.7. The standard InChI is InChI=1S/C21H25N5O/c1-27-18-12-6-15(7-13-18)14-26-21(23-24-25-26)20-5-3-2-4-19(20)16-8-10-17(22)11-9-16/h2-7,12-13,16-17H,8-11,14,22H2,1H3. The molecule has 6 nitrogen and oxygen atoms in total. The molecular weight excluding hydrogens is 338 g/mol. The van der Waals surface area contributed by atoms with Crippen LogP contribution >= 0.6 is 0 Å². The van der Waals surface area contributed by atoms with Crippen LogP contribution in [0.25, 0.3) is 11.4 Å². The summed E-state index contributed by atoms with van der Waals surface area (Å²) in [6.07, 6.45) is 4.40. The van der Waals surface area contributed by atoms with E-state index >= 15 is 0 Å². The largest absolute Gasteiger partial charge is 0.497 e. The number of methoxy groups -OCH3 is 1. The first-order chi connectivity index (χ1) is 13.2. The molecule has 0 radical (unpaired) electrons. The average molecular weight is 363 g/mol. The number of hydrogen-bond acceptors (Lipinski definition) is 5. The minimum absolute atomic E-state index is 0.341. The highest BCUT2D eigenvalue weighted by molar-refractivity contribution is 5.61. The third-order valence-corrected chi connectivity index (χ3v) is 5.44. The van der Waals surface area contributed by atoms with Gasteiger partial charge in [0, 0.05) is 11.6 Å². The van der Waals surface area contributed by atoms with Gasteiger partial charge >= 0.3 is 0 Å². The van der Waals surface area contributed by atoms with Crippen molar-refractivity contribution < 1.29 is 4.74 Å². The van der Waals surface area contributed by atoms with E-state index in [-0.39, 0.29) is 0 Å². The Morgan fingerprint density at radius 2 is 1.78 bits per heavy atom. The van der Waals surface area contributed by atoms with E-state index in [1.807, 2.05) is 28.9 Å². The van der Waals surface area contributed by atoms with Crippen LogP contribution in [-0.2, 0) is 6.54 Å². The molecule has 0 unspecified atom stereocenters. The van der Waals surface area contributed by atoms with E-state index in [0.717, 1.165) is 48.4 Å². The Balaban J connectivity index is 1.62. The van der Waals surface area contributed by atoms with Crippen LogP contribution in [0.1, 0.15) is 42.7 Å². The number of nitrogens with zero attached hydrogens (tertiary/aromatic N) is 4. The minimum Gasteiger partial charge on any atom is -0.497 e. The van der Waals surface area contributed by atoms with Gasteiger partial charge in [-0.15, -0.1) is 5.10 Å². The minimum atomic E-state index is 0.341. The van der Waals surface area contributed by atoms with Crippen molar-refractivity contribution in [1.82, 2.24) is 20.2 Å². The molecule has 3 aromatic rings. The molecule has 0 bridgehead atoms. The Morgan fingerprint density at radius 1 is 1.04 bits per heavy atom. The molecule has 1 aromatic heterocycles. The van der Waals surface area contributed by atoms with Crippen molar-refractivity contribution in [2.24, 2.45) is 5.73 Å². The molecule has 0 spiro atoms. The van der Waals surface area contributed by atoms with Crippen LogP contribution in [0.5, 0.6) is 5.75 Å². The van der Waals surface area contributed by atoms with E-state index in [9.17, 15) is 0 Å². The smallest absolute Gasteiger partial charge is 0.182 e. The van der Waals surface area contributed by atoms with Gasteiger partial charge in [0.1, 0.15) is 5.75 Å². The molecule has 1 aliphatic carbocycles. The lowest BCUT2D eigenvalue weighted by Crippen LogP contribution is -2.26. The third-order valence-electron chi connectivity index (χ3n) is 5.44. The quantitative estimate of drug-likeness (QED) is 0.752. The fourth-order valence-electron chi connectivity index (χ4n) is 3.89. The molecule has 2 N–H and O–H groups in total. The summed E-state index contributed by atoms with van der Waals surface area (Å²) in [5.41, 5.74) is 9.67. The Hall–Kier alpha value is -2.73. The maximum Gasteiger partial charge on any atom is 0.182 e. The van der Waals surface area contributed by atoms with Crippen molar-refractivity contribution in [3.8, 4) is 17.1 Å². The molecule has 4 rings (SSSR count). The molecule has 1 saturated carbocycles. The van der Waals surface area contributed by atoms with Crippen molar-refractivity contribution in [1.29, 1.82) is 0 Å². The zero-order chi connectivity index (χ0) is 18.6. The highest BCUT2D eigenvalue weighted by atomic mass is 16.5. The van der Waals surface area contributed by atoms with Gasteiger partial charge in [0.05, 0.1) is 13.7 Å². The van der Waals surface area contributed by atoms with Crippen LogP contribution in [0.4, 0.5) is 0 Å². The zero-order valence-corrected chi connectivity index (χ0v) is 15.6. The van der Waals surface area contributed by atoms with Crippen molar-refractivity contribution in [2.45, 2.75) is 44.2 Å². The van der Waals surface area contributed by atoms with Crippen molar-refractivity contribution >= 4 is 0 Å². The average Bonchev–Trinajstić information content (AvgIpc) is 3.17. The van der Waals surface area contributed by atoms with Gasteiger partial charge in [0.25, 0.3) is 0 Å². The first-order valence-corrected chi connectivity index (χ1v) is 9.48. The number of rotatable bonds is 5. The first-order valence-electron chi connectivity index (χ1n) is 9.48. The van der Waals surface area contributed by atoms with Crippen LogP contribution in [0.2, 0.25) is 0 Å². The summed E-state index contributed by atoms with van der Waals surface area (Å²) >= 11 is 0. The number of tetrazole rings is 1. The van der Waals surface area contributed by atoms with Crippen LogP contribution in [-0.4, -0.2) is 33.4 Å². The predicted octanol–water partition coefficient (Wildman–Crippen LogP) is 3.38. The molecule has 6 heteroatoms. The second kappa shape index (κ2) is 7.88. The Kier molecular flexibility index (Phi) is 5.16. The molecule has 2 aromatic carbocycles. The fraction of sp³-hybridized carbons (Fsp3) is 0.381. The molecule has 0 aliphatic heterocycles. The van der Waals surface area contributed by atoms with Gasteiger partial charge in [-0.25, -0.2) is 4.68 Å². The van der Waals surface area contributed by atoms with Gasteiger partial charge in [0.15, 0.2) is 5.82 Å². The molecule has 1 heterocycles. The second-order valence-electron chi connectivity index (χ2n) is 7.21. The summed E-state index contributed by atoms with van der Waals surface area (Å²) in [4.78, 5) is 0. The third kappa shape index (κ3) is 3.85. The highest BCUT2D eigenvalue weighted by Gasteiger charge is 2.24.